The standard InChI is InChI=1S/C21H26N4O2S2/c1-15-9-18(28-16(15)2)10-22-20-12-25(11-19(20)17-7-5-4-6-8-17)29(26,27)21-13-24(3)14-23-21/h4-9,13-14,19-20,22H,10-12H2,1-3H3/t19-,20+/m1/s1. The molecule has 0 radical (unpaired) electrons. The first-order valence-electron chi connectivity index (χ1n) is 9.67. The lowest BCUT2D eigenvalue weighted by atomic mass is 9.94. The maximum Gasteiger partial charge on any atom is 0.262 e. The Morgan fingerprint density at radius 1 is 1.21 bits per heavy atom. The van der Waals surface area contributed by atoms with Crippen LogP contribution in [0.5, 0.6) is 0 Å². The van der Waals surface area contributed by atoms with Crippen molar-refractivity contribution in [3.63, 3.8) is 0 Å². The van der Waals surface area contributed by atoms with Crippen molar-refractivity contribution in [1.82, 2.24) is 19.2 Å². The van der Waals surface area contributed by atoms with Crippen LogP contribution in [-0.4, -0.2) is 41.4 Å². The van der Waals surface area contributed by atoms with Crippen molar-refractivity contribution >= 4 is 21.4 Å². The third-order valence-corrected chi connectivity index (χ3v) is 8.42. The summed E-state index contributed by atoms with van der Waals surface area (Å²) < 4.78 is 29.5. The van der Waals surface area contributed by atoms with Gasteiger partial charge in [-0.15, -0.1) is 11.3 Å². The Kier molecular flexibility index (Phi) is 5.61. The molecular formula is C21H26N4O2S2. The lowest BCUT2D eigenvalue weighted by molar-refractivity contribution is 0.454. The Balaban J connectivity index is 1.57. The van der Waals surface area contributed by atoms with E-state index >= 15 is 0 Å². The van der Waals surface area contributed by atoms with Gasteiger partial charge in [0, 0.05) is 54.6 Å². The number of imidazole rings is 1. The van der Waals surface area contributed by atoms with Crippen LogP contribution in [0.3, 0.4) is 0 Å². The molecule has 0 amide bonds. The van der Waals surface area contributed by atoms with E-state index in [1.54, 1.807) is 33.5 Å². The van der Waals surface area contributed by atoms with Crippen molar-refractivity contribution in [2.24, 2.45) is 7.05 Å². The van der Waals surface area contributed by atoms with Crippen LogP contribution in [0.1, 0.15) is 26.8 Å². The molecule has 154 valence electrons. The van der Waals surface area contributed by atoms with Gasteiger partial charge in [-0.1, -0.05) is 30.3 Å². The van der Waals surface area contributed by atoms with E-state index in [0.29, 0.717) is 13.1 Å². The Morgan fingerprint density at radius 2 is 1.97 bits per heavy atom. The summed E-state index contributed by atoms with van der Waals surface area (Å²) in [4.78, 5) is 6.68. The van der Waals surface area contributed by atoms with E-state index in [4.69, 9.17) is 0 Å². The second kappa shape index (κ2) is 8.02. The molecule has 0 aliphatic carbocycles. The van der Waals surface area contributed by atoms with Crippen molar-refractivity contribution < 1.29 is 8.42 Å². The first-order valence-corrected chi connectivity index (χ1v) is 11.9. The van der Waals surface area contributed by atoms with Crippen molar-refractivity contribution in [3.05, 3.63) is 69.8 Å². The average Bonchev–Trinajstić information content (AvgIpc) is 3.40. The summed E-state index contributed by atoms with van der Waals surface area (Å²) in [5, 5.41) is 3.73. The normalized spacial score (nSPS) is 20.4. The first-order chi connectivity index (χ1) is 13.8. The fraction of sp³-hybridized carbons (Fsp3) is 0.381. The highest BCUT2D eigenvalue weighted by Gasteiger charge is 2.40. The van der Waals surface area contributed by atoms with Gasteiger partial charge < -0.3 is 9.88 Å². The van der Waals surface area contributed by atoms with E-state index < -0.39 is 10.0 Å². The van der Waals surface area contributed by atoms with E-state index in [-0.39, 0.29) is 17.0 Å². The topological polar surface area (TPSA) is 67.2 Å². The van der Waals surface area contributed by atoms with Crippen LogP contribution in [0.15, 0.2) is 53.9 Å². The third-order valence-electron chi connectivity index (χ3n) is 5.55. The molecule has 8 heteroatoms. The largest absolute Gasteiger partial charge is 0.339 e. The molecule has 1 N–H and O–H groups in total. The summed E-state index contributed by atoms with van der Waals surface area (Å²) in [6.07, 6.45) is 3.08. The van der Waals surface area contributed by atoms with E-state index in [1.165, 1.54) is 21.6 Å². The minimum absolute atomic E-state index is 0.0404. The van der Waals surface area contributed by atoms with Gasteiger partial charge in [0.05, 0.1) is 6.33 Å². The molecule has 1 aliphatic heterocycles. The van der Waals surface area contributed by atoms with Crippen molar-refractivity contribution in [1.29, 1.82) is 0 Å². The lowest BCUT2D eigenvalue weighted by Crippen LogP contribution is -2.36. The molecule has 1 saturated heterocycles. The minimum atomic E-state index is -3.61. The second-order valence-electron chi connectivity index (χ2n) is 7.66. The fourth-order valence-corrected chi connectivity index (χ4v) is 6.29. The number of benzene rings is 1. The van der Waals surface area contributed by atoms with Crippen molar-refractivity contribution in [2.45, 2.75) is 37.4 Å². The zero-order valence-electron chi connectivity index (χ0n) is 16.9. The summed E-state index contributed by atoms with van der Waals surface area (Å²) >= 11 is 1.79. The van der Waals surface area contributed by atoms with Gasteiger partial charge in [0.2, 0.25) is 0 Å². The predicted molar refractivity (Wildman–Crippen MR) is 116 cm³/mol. The Bertz CT molecular complexity index is 1070. The molecule has 3 heterocycles. The van der Waals surface area contributed by atoms with Crippen LogP contribution in [0.4, 0.5) is 0 Å². The van der Waals surface area contributed by atoms with E-state index in [0.717, 1.165) is 12.1 Å². The molecule has 1 fully saturated rings. The zero-order chi connectivity index (χ0) is 20.6. The Morgan fingerprint density at radius 3 is 2.59 bits per heavy atom. The summed E-state index contributed by atoms with van der Waals surface area (Å²) in [6, 6.07) is 12.4. The molecule has 3 aromatic rings. The highest BCUT2D eigenvalue weighted by Crippen LogP contribution is 2.32. The van der Waals surface area contributed by atoms with Gasteiger partial charge in [-0.3, -0.25) is 0 Å². The van der Waals surface area contributed by atoms with Gasteiger partial charge in [0.25, 0.3) is 10.0 Å². The molecular weight excluding hydrogens is 404 g/mol. The number of aryl methyl sites for hydroxylation is 3. The Labute approximate surface area is 176 Å². The zero-order valence-corrected chi connectivity index (χ0v) is 18.5. The van der Waals surface area contributed by atoms with Crippen LogP contribution in [0.2, 0.25) is 0 Å². The maximum absolute atomic E-state index is 13.1. The molecule has 0 unspecified atom stereocenters. The number of nitrogens with zero attached hydrogens (tertiary/aromatic N) is 3. The Hall–Kier alpha value is -2.00. The predicted octanol–water partition coefficient (Wildman–Crippen LogP) is 3.04. The number of thiophene rings is 1. The van der Waals surface area contributed by atoms with E-state index in [9.17, 15) is 8.42 Å². The van der Waals surface area contributed by atoms with Crippen LogP contribution < -0.4 is 5.32 Å². The van der Waals surface area contributed by atoms with Crippen LogP contribution in [0.25, 0.3) is 0 Å². The number of hydrogen-bond acceptors (Lipinski definition) is 5. The number of sulfonamides is 1. The van der Waals surface area contributed by atoms with Gasteiger partial charge >= 0.3 is 0 Å². The monoisotopic (exact) mass is 430 g/mol. The molecule has 1 aromatic carbocycles. The van der Waals surface area contributed by atoms with E-state index in [2.05, 4.69) is 42.3 Å². The molecule has 2 aromatic heterocycles. The summed E-state index contributed by atoms with van der Waals surface area (Å²) in [7, 11) is -1.84. The number of nitrogens with one attached hydrogen (secondary N) is 1. The maximum atomic E-state index is 13.1. The summed E-state index contributed by atoms with van der Waals surface area (Å²) in [6.45, 7) is 5.88. The van der Waals surface area contributed by atoms with Gasteiger partial charge in [-0.25, -0.2) is 13.4 Å². The fourth-order valence-electron chi connectivity index (χ4n) is 3.83. The number of hydrogen-bond donors (Lipinski definition) is 1. The lowest BCUT2D eigenvalue weighted by Gasteiger charge is -2.19. The third kappa shape index (κ3) is 4.16. The molecule has 1 aliphatic rings. The highest BCUT2D eigenvalue weighted by atomic mass is 32.2. The average molecular weight is 431 g/mol. The molecule has 4 rings (SSSR count). The quantitative estimate of drug-likeness (QED) is 0.653. The first kappa shape index (κ1) is 20.3. The van der Waals surface area contributed by atoms with Crippen LogP contribution in [-0.2, 0) is 23.6 Å². The van der Waals surface area contributed by atoms with Gasteiger partial charge in [-0.05, 0) is 31.0 Å². The molecule has 0 saturated carbocycles. The van der Waals surface area contributed by atoms with Gasteiger partial charge in [0.1, 0.15) is 0 Å². The summed E-state index contributed by atoms with van der Waals surface area (Å²) in [5.74, 6) is 0.0943. The summed E-state index contributed by atoms with van der Waals surface area (Å²) in [5.41, 5.74) is 2.46. The second-order valence-corrected chi connectivity index (χ2v) is 10.9. The highest BCUT2D eigenvalue weighted by molar-refractivity contribution is 7.89. The molecule has 0 spiro atoms. The molecule has 6 nitrogen and oxygen atoms in total. The van der Waals surface area contributed by atoms with Crippen LogP contribution >= 0.6 is 11.3 Å². The van der Waals surface area contributed by atoms with Crippen molar-refractivity contribution in [2.75, 3.05) is 13.1 Å². The molecule has 0 bridgehead atoms. The van der Waals surface area contributed by atoms with Gasteiger partial charge in [-0.2, -0.15) is 4.31 Å². The SMILES string of the molecule is Cc1cc(CN[C@H]2CN(S(=O)(=O)c3cn(C)cn3)C[C@@H]2c2ccccc2)sc1C. The smallest absolute Gasteiger partial charge is 0.262 e. The van der Waals surface area contributed by atoms with Gasteiger partial charge in [0.15, 0.2) is 5.03 Å². The van der Waals surface area contributed by atoms with Crippen LogP contribution in [0, 0.1) is 13.8 Å². The number of aromatic nitrogens is 2. The van der Waals surface area contributed by atoms with Crippen molar-refractivity contribution in [3.8, 4) is 0 Å². The minimum Gasteiger partial charge on any atom is -0.339 e. The number of rotatable bonds is 6. The van der Waals surface area contributed by atoms with E-state index in [1.807, 2.05) is 18.2 Å². The molecule has 29 heavy (non-hydrogen) atoms. The molecule has 2 atom stereocenters.